The highest BCUT2D eigenvalue weighted by atomic mass is 32.1. The van der Waals surface area contributed by atoms with Gasteiger partial charge in [0.25, 0.3) is 0 Å². The van der Waals surface area contributed by atoms with Gasteiger partial charge in [0.2, 0.25) is 0 Å². The standard InChI is InChI=1S/C21H21N3S/c1-2-10-21-18(8-1)19(15-25-21)20-9-3-4-11-24(20)17-12-22-23(14-17)13-16-6-5-7-16/h1-4,8-10,12,14-16H,5-7,11,13H2. The van der Waals surface area contributed by atoms with Crippen LogP contribution in [0.15, 0.2) is 60.3 Å². The monoisotopic (exact) mass is 347 g/mol. The van der Waals surface area contributed by atoms with Crippen LogP contribution in [-0.4, -0.2) is 16.3 Å². The molecule has 3 aromatic rings. The molecule has 5 rings (SSSR count). The topological polar surface area (TPSA) is 21.1 Å². The quantitative estimate of drug-likeness (QED) is 0.637. The highest BCUT2D eigenvalue weighted by Crippen LogP contribution is 2.36. The van der Waals surface area contributed by atoms with Crippen LogP contribution in [0.4, 0.5) is 5.69 Å². The fourth-order valence-electron chi connectivity index (χ4n) is 3.70. The summed E-state index contributed by atoms with van der Waals surface area (Å²) in [5.41, 5.74) is 3.77. The molecule has 3 heterocycles. The number of thiophene rings is 1. The summed E-state index contributed by atoms with van der Waals surface area (Å²) in [6.07, 6.45) is 14.9. The van der Waals surface area contributed by atoms with Gasteiger partial charge in [-0.3, -0.25) is 4.68 Å². The lowest BCUT2D eigenvalue weighted by Crippen LogP contribution is -2.23. The van der Waals surface area contributed by atoms with Gasteiger partial charge in [0.05, 0.1) is 17.6 Å². The lowest BCUT2D eigenvalue weighted by molar-refractivity contribution is 0.266. The van der Waals surface area contributed by atoms with Crippen LogP contribution >= 0.6 is 11.3 Å². The maximum absolute atomic E-state index is 4.62. The number of anilines is 1. The zero-order valence-electron chi connectivity index (χ0n) is 14.1. The molecule has 3 nitrogen and oxygen atoms in total. The second kappa shape index (κ2) is 6.19. The Morgan fingerprint density at radius 1 is 1.20 bits per heavy atom. The number of benzene rings is 1. The molecule has 2 aromatic heterocycles. The predicted molar refractivity (Wildman–Crippen MR) is 106 cm³/mol. The summed E-state index contributed by atoms with van der Waals surface area (Å²) in [6.45, 7) is 1.95. The van der Waals surface area contributed by atoms with Crippen LogP contribution < -0.4 is 4.90 Å². The van der Waals surface area contributed by atoms with E-state index in [4.69, 9.17) is 0 Å². The van der Waals surface area contributed by atoms with Crippen molar-refractivity contribution in [2.24, 2.45) is 5.92 Å². The van der Waals surface area contributed by atoms with Crippen LogP contribution in [0.1, 0.15) is 24.8 Å². The van der Waals surface area contributed by atoms with Crippen LogP contribution in [0.25, 0.3) is 15.8 Å². The largest absolute Gasteiger partial charge is 0.334 e. The average Bonchev–Trinajstić information content (AvgIpc) is 3.25. The van der Waals surface area contributed by atoms with E-state index in [2.05, 4.69) is 68.8 Å². The van der Waals surface area contributed by atoms with Gasteiger partial charge >= 0.3 is 0 Å². The molecule has 0 atom stereocenters. The van der Waals surface area contributed by atoms with Gasteiger partial charge in [0.15, 0.2) is 0 Å². The Kier molecular flexibility index (Phi) is 3.71. The van der Waals surface area contributed by atoms with E-state index in [0.717, 1.165) is 19.0 Å². The van der Waals surface area contributed by atoms with E-state index >= 15 is 0 Å². The summed E-state index contributed by atoms with van der Waals surface area (Å²) in [5.74, 6) is 0.824. The molecule has 0 saturated heterocycles. The molecule has 0 amide bonds. The lowest BCUT2D eigenvalue weighted by atomic mass is 9.85. The third kappa shape index (κ3) is 2.71. The Labute approximate surface area is 151 Å². The van der Waals surface area contributed by atoms with Crippen molar-refractivity contribution in [3.05, 3.63) is 65.8 Å². The molecule has 0 bridgehead atoms. The molecule has 126 valence electrons. The molecular weight excluding hydrogens is 326 g/mol. The molecular formula is C21H21N3S. The van der Waals surface area contributed by atoms with E-state index in [1.54, 1.807) is 0 Å². The van der Waals surface area contributed by atoms with Crippen molar-refractivity contribution in [3.63, 3.8) is 0 Å². The van der Waals surface area contributed by atoms with E-state index in [9.17, 15) is 0 Å². The number of hydrogen-bond donors (Lipinski definition) is 0. The van der Waals surface area contributed by atoms with E-state index in [-0.39, 0.29) is 0 Å². The average molecular weight is 347 g/mol. The van der Waals surface area contributed by atoms with E-state index in [1.165, 1.54) is 46.3 Å². The molecule has 0 spiro atoms. The first-order valence-corrected chi connectivity index (χ1v) is 9.90. The van der Waals surface area contributed by atoms with Crippen molar-refractivity contribution in [3.8, 4) is 0 Å². The SMILES string of the molecule is C1=CCN(c2cnn(CC3CCC3)c2)C(c2csc3ccccc23)=C1. The Morgan fingerprint density at radius 2 is 2.12 bits per heavy atom. The Hall–Kier alpha value is -2.33. The molecule has 0 radical (unpaired) electrons. The van der Waals surface area contributed by atoms with Crippen molar-refractivity contribution in [2.75, 3.05) is 11.4 Å². The summed E-state index contributed by atoms with van der Waals surface area (Å²) >= 11 is 1.82. The smallest absolute Gasteiger partial charge is 0.0800 e. The van der Waals surface area contributed by atoms with Gasteiger partial charge in [0, 0.05) is 40.3 Å². The predicted octanol–water partition coefficient (Wildman–Crippen LogP) is 5.32. The minimum atomic E-state index is 0.824. The van der Waals surface area contributed by atoms with Gasteiger partial charge in [-0.2, -0.15) is 5.10 Å². The molecule has 0 unspecified atom stereocenters. The second-order valence-electron chi connectivity index (χ2n) is 6.95. The summed E-state index contributed by atoms with van der Waals surface area (Å²) in [6, 6.07) is 8.65. The molecule has 1 aliphatic heterocycles. The van der Waals surface area contributed by atoms with Gasteiger partial charge in [0.1, 0.15) is 0 Å². The highest BCUT2D eigenvalue weighted by molar-refractivity contribution is 7.17. The molecule has 25 heavy (non-hydrogen) atoms. The number of aromatic nitrogens is 2. The summed E-state index contributed by atoms with van der Waals surface area (Å²) < 4.78 is 3.47. The molecule has 1 aliphatic carbocycles. The summed E-state index contributed by atoms with van der Waals surface area (Å²) in [5, 5.41) is 8.23. The molecule has 4 heteroatoms. The Bertz CT molecular complexity index is 958. The number of allylic oxidation sites excluding steroid dienone is 2. The molecule has 1 fully saturated rings. The van der Waals surface area contributed by atoms with Crippen LogP contribution in [-0.2, 0) is 6.54 Å². The van der Waals surface area contributed by atoms with Crippen molar-refractivity contribution >= 4 is 32.8 Å². The van der Waals surface area contributed by atoms with Crippen molar-refractivity contribution in [2.45, 2.75) is 25.8 Å². The maximum Gasteiger partial charge on any atom is 0.0800 e. The molecule has 1 aromatic carbocycles. The van der Waals surface area contributed by atoms with Crippen molar-refractivity contribution in [1.82, 2.24) is 9.78 Å². The zero-order valence-corrected chi connectivity index (χ0v) is 15.0. The van der Waals surface area contributed by atoms with E-state index < -0.39 is 0 Å². The van der Waals surface area contributed by atoms with Gasteiger partial charge in [-0.05, 0) is 30.9 Å². The van der Waals surface area contributed by atoms with Crippen LogP contribution in [0.3, 0.4) is 0 Å². The third-order valence-electron chi connectivity index (χ3n) is 5.33. The zero-order chi connectivity index (χ0) is 16.6. The second-order valence-corrected chi connectivity index (χ2v) is 7.86. The maximum atomic E-state index is 4.62. The van der Waals surface area contributed by atoms with Gasteiger partial charge in [-0.15, -0.1) is 11.3 Å². The summed E-state index contributed by atoms with van der Waals surface area (Å²) in [4.78, 5) is 2.37. The van der Waals surface area contributed by atoms with Gasteiger partial charge < -0.3 is 4.90 Å². The first-order chi connectivity index (χ1) is 12.4. The van der Waals surface area contributed by atoms with Gasteiger partial charge in [-0.25, -0.2) is 0 Å². The number of hydrogen-bond acceptors (Lipinski definition) is 3. The first-order valence-electron chi connectivity index (χ1n) is 9.02. The fourth-order valence-corrected chi connectivity index (χ4v) is 4.66. The molecule has 0 N–H and O–H groups in total. The van der Waals surface area contributed by atoms with E-state index in [1.807, 2.05) is 17.5 Å². The van der Waals surface area contributed by atoms with Crippen LogP contribution in [0.2, 0.25) is 0 Å². The van der Waals surface area contributed by atoms with Gasteiger partial charge in [-0.1, -0.05) is 36.8 Å². The first kappa shape index (κ1) is 15.0. The third-order valence-corrected chi connectivity index (χ3v) is 6.29. The molecule has 2 aliphatic rings. The van der Waals surface area contributed by atoms with Crippen molar-refractivity contribution < 1.29 is 0 Å². The number of fused-ring (bicyclic) bond motifs is 1. The lowest BCUT2D eigenvalue weighted by Gasteiger charge is -2.27. The normalized spacial score (nSPS) is 17.8. The minimum Gasteiger partial charge on any atom is -0.334 e. The van der Waals surface area contributed by atoms with Crippen LogP contribution in [0.5, 0.6) is 0 Å². The summed E-state index contributed by atoms with van der Waals surface area (Å²) in [7, 11) is 0. The highest BCUT2D eigenvalue weighted by Gasteiger charge is 2.21. The van der Waals surface area contributed by atoms with Crippen molar-refractivity contribution in [1.29, 1.82) is 0 Å². The number of rotatable bonds is 4. The van der Waals surface area contributed by atoms with E-state index in [0.29, 0.717) is 0 Å². The number of nitrogens with zero attached hydrogens (tertiary/aromatic N) is 3. The van der Waals surface area contributed by atoms with Crippen LogP contribution in [0, 0.1) is 5.92 Å². The fraction of sp³-hybridized carbons (Fsp3) is 0.286. The Morgan fingerprint density at radius 3 is 3.00 bits per heavy atom. The minimum absolute atomic E-state index is 0.824. The Balaban J connectivity index is 1.48. The molecule has 1 saturated carbocycles.